The molecule has 0 aromatic heterocycles. The van der Waals surface area contributed by atoms with Crippen LogP contribution in [0.2, 0.25) is 0 Å². The van der Waals surface area contributed by atoms with Crippen LogP contribution in [0.4, 0.5) is 0 Å². The molecule has 7 nitrogen and oxygen atoms in total. The lowest BCUT2D eigenvalue weighted by atomic mass is 10.1. The Bertz CT molecular complexity index is 622. The van der Waals surface area contributed by atoms with E-state index >= 15 is 0 Å². The Balaban J connectivity index is 0.00000280. The molecule has 28 heavy (non-hydrogen) atoms. The van der Waals surface area contributed by atoms with E-state index in [1.165, 1.54) is 26.2 Å². The lowest BCUT2D eigenvalue weighted by Crippen LogP contribution is -2.63. The highest BCUT2D eigenvalue weighted by molar-refractivity contribution is 14.0. The second kappa shape index (κ2) is 11.7. The van der Waals surface area contributed by atoms with Crippen molar-refractivity contribution in [3.8, 4) is 11.5 Å². The Morgan fingerprint density at radius 2 is 1.89 bits per heavy atom. The maximum Gasteiger partial charge on any atom is 0.191 e. The normalized spacial score (nSPS) is 24.8. The van der Waals surface area contributed by atoms with Gasteiger partial charge < -0.3 is 20.1 Å². The third-order valence-electron chi connectivity index (χ3n) is 5.15. The van der Waals surface area contributed by atoms with Gasteiger partial charge in [0, 0.05) is 51.9 Å². The summed E-state index contributed by atoms with van der Waals surface area (Å²) in [7, 11) is 1.66. The van der Waals surface area contributed by atoms with E-state index < -0.39 is 0 Å². The summed E-state index contributed by atoms with van der Waals surface area (Å²) in [6, 6.07) is 8.28. The van der Waals surface area contributed by atoms with E-state index in [9.17, 15) is 0 Å². The highest BCUT2D eigenvalue weighted by Crippen LogP contribution is 2.26. The molecule has 158 valence electrons. The molecule has 4 rings (SSSR count). The third kappa shape index (κ3) is 6.38. The van der Waals surface area contributed by atoms with Gasteiger partial charge in [0.1, 0.15) is 6.10 Å². The predicted octanol–water partition coefficient (Wildman–Crippen LogP) is 1.64. The monoisotopic (exact) mass is 503 g/mol. The third-order valence-corrected chi connectivity index (χ3v) is 5.15. The molecule has 0 amide bonds. The first-order valence-electron chi connectivity index (χ1n) is 9.98. The number of methoxy groups -OCH3 is 1. The van der Waals surface area contributed by atoms with Crippen LogP contribution in [0.5, 0.6) is 11.5 Å². The first kappa shape index (κ1) is 23.0. The van der Waals surface area contributed by atoms with E-state index in [2.05, 4.69) is 27.4 Å². The molecule has 0 aliphatic carbocycles. The summed E-state index contributed by atoms with van der Waals surface area (Å²) in [5, 5.41) is 6.84. The molecule has 1 aromatic carbocycles. The van der Waals surface area contributed by atoms with Gasteiger partial charge in [-0.15, -0.1) is 24.0 Å². The van der Waals surface area contributed by atoms with Crippen LogP contribution in [-0.4, -0.2) is 87.4 Å². The molecule has 2 N–H and O–H groups in total. The first-order valence-corrected chi connectivity index (χ1v) is 9.98. The highest BCUT2D eigenvalue weighted by atomic mass is 127. The lowest BCUT2D eigenvalue weighted by molar-refractivity contribution is 0.0154. The molecule has 0 saturated carbocycles. The van der Waals surface area contributed by atoms with Crippen molar-refractivity contribution in [2.45, 2.75) is 26.0 Å². The molecule has 0 radical (unpaired) electrons. The van der Waals surface area contributed by atoms with Crippen LogP contribution in [0, 0.1) is 0 Å². The van der Waals surface area contributed by atoms with Gasteiger partial charge in [-0.2, -0.15) is 0 Å². The van der Waals surface area contributed by atoms with Crippen molar-refractivity contribution in [3.05, 3.63) is 24.3 Å². The van der Waals surface area contributed by atoms with Gasteiger partial charge in [0.05, 0.1) is 13.7 Å². The predicted molar refractivity (Wildman–Crippen MR) is 124 cm³/mol. The van der Waals surface area contributed by atoms with Gasteiger partial charge in [-0.05, 0) is 26.0 Å². The Kier molecular flexibility index (Phi) is 9.60. The fourth-order valence-electron chi connectivity index (χ4n) is 3.66. The molecule has 3 heterocycles. The van der Waals surface area contributed by atoms with Gasteiger partial charge >= 0.3 is 0 Å². The summed E-state index contributed by atoms with van der Waals surface area (Å²) in [4.78, 5) is 9.85. The zero-order valence-electron chi connectivity index (χ0n) is 17.2. The fraction of sp³-hybridized carbons (Fsp3) is 0.650. The quantitative estimate of drug-likeness (QED) is 0.320. The second-order valence-electron chi connectivity index (χ2n) is 7.17. The van der Waals surface area contributed by atoms with E-state index in [1.807, 2.05) is 31.2 Å². The molecular weight excluding hydrogens is 469 g/mol. The molecule has 3 aliphatic rings. The maximum atomic E-state index is 6.00. The van der Waals surface area contributed by atoms with Crippen molar-refractivity contribution >= 4 is 29.9 Å². The summed E-state index contributed by atoms with van der Waals surface area (Å²) in [6.45, 7) is 12.4. The molecule has 2 bridgehead atoms. The Hall–Kier alpha value is -1.26. The number of guanidine groups is 1. The average Bonchev–Trinajstić information content (AvgIpc) is 2.71. The van der Waals surface area contributed by atoms with Crippen molar-refractivity contribution in [1.82, 2.24) is 20.4 Å². The Morgan fingerprint density at radius 1 is 1.18 bits per heavy atom. The van der Waals surface area contributed by atoms with Gasteiger partial charge in [-0.3, -0.25) is 9.80 Å². The SMILES string of the molecule is CCNC(=NCC(C)Oc1ccccc1OC)NCC1CN2CCN1CC2.I. The summed E-state index contributed by atoms with van der Waals surface area (Å²) < 4.78 is 11.3. The number of ether oxygens (including phenoxy) is 2. The number of para-hydroxylation sites is 2. The van der Waals surface area contributed by atoms with Crippen LogP contribution in [0.1, 0.15) is 13.8 Å². The van der Waals surface area contributed by atoms with Crippen molar-refractivity contribution in [3.63, 3.8) is 0 Å². The minimum Gasteiger partial charge on any atom is -0.493 e. The number of benzene rings is 1. The molecule has 3 fully saturated rings. The van der Waals surface area contributed by atoms with Crippen molar-refractivity contribution in [1.29, 1.82) is 0 Å². The van der Waals surface area contributed by atoms with Crippen LogP contribution in [0.15, 0.2) is 29.3 Å². The smallest absolute Gasteiger partial charge is 0.191 e. The van der Waals surface area contributed by atoms with Gasteiger partial charge in [0.25, 0.3) is 0 Å². The van der Waals surface area contributed by atoms with E-state index in [0.29, 0.717) is 12.6 Å². The highest BCUT2D eigenvalue weighted by Gasteiger charge is 2.31. The fourth-order valence-corrected chi connectivity index (χ4v) is 3.66. The van der Waals surface area contributed by atoms with Crippen molar-refractivity contribution < 1.29 is 9.47 Å². The lowest BCUT2D eigenvalue weighted by Gasteiger charge is -2.47. The number of aliphatic imine (C=N–C) groups is 1. The summed E-state index contributed by atoms with van der Waals surface area (Å²) in [5.41, 5.74) is 0. The standard InChI is InChI=1S/C20H33N5O2.HI/c1-4-21-20(23-14-17-15-24-9-11-25(17)12-10-24)22-13-16(2)27-19-8-6-5-7-18(19)26-3;/h5-8,16-17H,4,9-15H2,1-3H3,(H2,21,22,23);1H. The minimum absolute atomic E-state index is 0. The van der Waals surface area contributed by atoms with Crippen LogP contribution in [0.3, 0.4) is 0 Å². The van der Waals surface area contributed by atoms with Crippen LogP contribution < -0.4 is 20.1 Å². The molecule has 3 aliphatic heterocycles. The molecular formula is C20H34IN5O2. The number of halogens is 1. The number of fused-ring (bicyclic) bond motifs is 3. The number of nitrogens with one attached hydrogen (secondary N) is 2. The summed E-state index contributed by atoms with van der Waals surface area (Å²) in [5.74, 6) is 2.35. The second-order valence-corrected chi connectivity index (χ2v) is 7.17. The molecule has 3 saturated heterocycles. The van der Waals surface area contributed by atoms with Crippen LogP contribution in [0.25, 0.3) is 0 Å². The molecule has 2 atom stereocenters. The number of hydrogen-bond acceptors (Lipinski definition) is 5. The van der Waals surface area contributed by atoms with Gasteiger partial charge in [-0.25, -0.2) is 4.99 Å². The van der Waals surface area contributed by atoms with Gasteiger partial charge in [0.15, 0.2) is 17.5 Å². The average molecular weight is 503 g/mol. The number of nitrogens with zero attached hydrogens (tertiary/aromatic N) is 3. The van der Waals surface area contributed by atoms with Gasteiger partial charge in [0.2, 0.25) is 0 Å². The molecule has 1 aromatic rings. The van der Waals surface area contributed by atoms with E-state index in [1.54, 1.807) is 7.11 Å². The molecule has 8 heteroatoms. The molecule has 2 unspecified atom stereocenters. The van der Waals surface area contributed by atoms with Crippen LogP contribution in [-0.2, 0) is 0 Å². The van der Waals surface area contributed by atoms with E-state index in [0.717, 1.165) is 37.1 Å². The van der Waals surface area contributed by atoms with Crippen molar-refractivity contribution in [2.75, 3.05) is 59.5 Å². The Morgan fingerprint density at radius 3 is 2.50 bits per heavy atom. The number of piperazine rings is 3. The minimum atomic E-state index is -0.0442. The zero-order valence-corrected chi connectivity index (χ0v) is 19.5. The maximum absolute atomic E-state index is 6.00. The molecule has 0 spiro atoms. The van der Waals surface area contributed by atoms with E-state index in [4.69, 9.17) is 14.5 Å². The number of rotatable bonds is 8. The zero-order chi connectivity index (χ0) is 19.1. The number of hydrogen-bond donors (Lipinski definition) is 2. The van der Waals surface area contributed by atoms with Crippen molar-refractivity contribution in [2.24, 2.45) is 4.99 Å². The summed E-state index contributed by atoms with van der Waals surface area (Å²) >= 11 is 0. The summed E-state index contributed by atoms with van der Waals surface area (Å²) in [6.07, 6.45) is -0.0442. The van der Waals surface area contributed by atoms with Crippen LogP contribution >= 0.6 is 24.0 Å². The van der Waals surface area contributed by atoms with Gasteiger partial charge in [-0.1, -0.05) is 12.1 Å². The Labute approximate surface area is 185 Å². The largest absolute Gasteiger partial charge is 0.493 e. The topological polar surface area (TPSA) is 61.4 Å². The first-order chi connectivity index (χ1) is 13.2. The van der Waals surface area contributed by atoms with E-state index in [-0.39, 0.29) is 30.1 Å².